The Kier molecular flexibility index (Phi) is 6.28. The molecule has 1 fully saturated rings. The molecule has 150 valence electrons. The van der Waals surface area contributed by atoms with Gasteiger partial charge in [-0.1, -0.05) is 12.1 Å². The van der Waals surface area contributed by atoms with Gasteiger partial charge < -0.3 is 11.1 Å². The molecule has 1 saturated heterocycles. The van der Waals surface area contributed by atoms with Crippen LogP contribution in [0.3, 0.4) is 0 Å². The maximum absolute atomic E-state index is 12.4. The van der Waals surface area contributed by atoms with E-state index in [1.807, 2.05) is 6.07 Å². The van der Waals surface area contributed by atoms with E-state index in [-0.39, 0.29) is 30.1 Å². The minimum atomic E-state index is -0.747. The zero-order valence-electron chi connectivity index (χ0n) is 15.7. The molecule has 2 aromatic rings. The molecular formula is C20H21N5O4. The SMILES string of the molecule is NC(=O)c1ncccc1CCCc1cccc(C(=O)NC2CCC(=O)NC2=O)n1. The Morgan fingerprint density at radius 3 is 2.76 bits per heavy atom. The van der Waals surface area contributed by atoms with E-state index in [1.165, 1.54) is 6.20 Å². The van der Waals surface area contributed by atoms with Crippen molar-refractivity contribution >= 4 is 23.6 Å². The number of pyridine rings is 2. The maximum atomic E-state index is 12.4. The molecule has 1 aliphatic rings. The molecule has 3 heterocycles. The molecule has 4 amide bonds. The van der Waals surface area contributed by atoms with Crippen LogP contribution in [0.5, 0.6) is 0 Å². The van der Waals surface area contributed by atoms with E-state index in [4.69, 9.17) is 5.73 Å². The number of nitrogens with one attached hydrogen (secondary N) is 2. The molecule has 1 unspecified atom stereocenters. The highest BCUT2D eigenvalue weighted by molar-refractivity contribution is 6.03. The number of rotatable bonds is 7. The summed E-state index contributed by atoms with van der Waals surface area (Å²) in [5.74, 6) is -1.88. The van der Waals surface area contributed by atoms with E-state index in [0.717, 1.165) is 5.56 Å². The first-order chi connectivity index (χ1) is 13.9. The van der Waals surface area contributed by atoms with Crippen LogP contribution >= 0.6 is 0 Å². The highest BCUT2D eigenvalue weighted by atomic mass is 16.2. The topological polar surface area (TPSA) is 144 Å². The van der Waals surface area contributed by atoms with Crippen LogP contribution in [0.2, 0.25) is 0 Å². The summed E-state index contributed by atoms with van der Waals surface area (Å²) in [6.07, 6.45) is 3.86. The molecule has 3 rings (SSSR count). The Hall–Kier alpha value is -3.62. The standard InChI is InChI=1S/C20H21N5O4/c21-18(27)17-12(5-3-11-22-17)4-1-6-13-7-2-8-14(23-13)19(28)24-15-9-10-16(26)25-20(15)29/h2-3,5,7-8,11,15H,1,4,6,9-10H2,(H2,21,27)(H,24,28)(H,25,26,29). The van der Waals surface area contributed by atoms with E-state index >= 15 is 0 Å². The average molecular weight is 395 g/mol. The molecule has 1 atom stereocenters. The summed E-state index contributed by atoms with van der Waals surface area (Å²) in [7, 11) is 0. The Balaban J connectivity index is 1.58. The van der Waals surface area contributed by atoms with Crippen LogP contribution in [0.25, 0.3) is 0 Å². The van der Waals surface area contributed by atoms with Crippen LogP contribution in [-0.4, -0.2) is 39.6 Å². The first-order valence-electron chi connectivity index (χ1n) is 9.28. The van der Waals surface area contributed by atoms with Crippen LogP contribution in [0.1, 0.15) is 51.5 Å². The highest BCUT2D eigenvalue weighted by Gasteiger charge is 2.28. The fraction of sp³-hybridized carbons (Fsp3) is 0.300. The van der Waals surface area contributed by atoms with Crippen molar-refractivity contribution in [1.82, 2.24) is 20.6 Å². The fourth-order valence-corrected chi connectivity index (χ4v) is 3.13. The summed E-state index contributed by atoms with van der Waals surface area (Å²) in [5.41, 5.74) is 7.29. The smallest absolute Gasteiger partial charge is 0.270 e. The quantitative estimate of drug-likeness (QED) is 0.575. The van der Waals surface area contributed by atoms with Crippen molar-refractivity contribution in [2.24, 2.45) is 5.73 Å². The van der Waals surface area contributed by atoms with E-state index in [2.05, 4.69) is 20.6 Å². The van der Waals surface area contributed by atoms with Crippen LogP contribution in [-0.2, 0) is 22.4 Å². The summed E-state index contributed by atoms with van der Waals surface area (Å²) in [5, 5.41) is 4.81. The maximum Gasteiger partial charge on any atom is 0.270 e. The van der Waals surface area contributed by atoms with Crippen molar-refractivity contribution in [3.8, 4) is 0 Å². The van der Waals surface area contributed by atoms with Crippen molar-refractivity contribution in [2.75, 3.05) is 0 Å². The summed E-state index contributed by atoms with van der Waals surface area (Å²) < 4.78 is 0. The molecular weight excluding hydrogens is 374 g/mol. The number of nitrogens with zero attached hydrogens (tertiary/aromatic N) is 2. The van der Waals surface area contributed by atoms with Crippen LogP contribution in [0, 0.1) is 0 Å². The van der Waals surface area contributed by atoms with Gasteiger partial charge in [0.1, 0.15) is 17.4 Å². The zero-order chi connectivity index (χ0) is 20.8. The molecule has 1 aliphatic heterocycles. The molecule has 0 spiro atoms. The van der Waals surface area contributed by atoms with Crippen molar-refractivity contribution in [3.05, 3.63) is 59.2 Å². The minimum Gasteiger partial charge on any atom is -0.364 e. The lowest BCUT2D eigenvalue weighted by Crippen LogP contribution is -2.52. The number of hydrogen-bond acceptors (Lipinski definition) is 6. The van der Waals surface area contributed by atoms with Crippen molar-refractivity contribution in [1.29, 1.82) is 0 Å². The molecule has 0 aromatic carbocycles. The third kappa shape index (κ3) is 5.22. The van der Waals surface area contributed by atoms with E-state index in [0.29, 0.717) is 25.0 Å². The van der Waals surface area contributed by atoms with Crippen LogP contribution in [0.15, 0.2) is 36.5 Å². The van der Waals surface area contributed by atoms with Gasteiger partial charge in [-0.05, 0) is 49.4 Å². The van der Waals surface area contributed by atoms with E-state index in [1.54, 1.807) is 24.3 Å². The Labute approximate surface area is 167 Å². The highest BCUT2D eigenvalue weighted by Crippen LogP contribution is 2.11. The van der Waals surface area contributed by atoms with Gasteiger partial charge in [0.2, 0.25) is 11.8 Å². The van der Waals surface area contributed by atoms with Crippen molar-refractivity contribution in [2.45, 2.75) is 38.1 Å². The molecule has 0 saturated carbocycles. The second kappa shape index (κ2) is 9.05. The van der Waals surface area contributed by atoms with Gasteiger partial charge in [0, 0.05) is 18.3 Å². The normalized spacial score (nSPS) is 16.2. The van der Waals surface area contributed by atoms with Crippen LogP contribution in [0.4, 0.5) is 0 Å². The largest absolute Gasteiger partial charge is 0.364 e. The van der Waals surface area contributed by atoms with Gasteiger partial charge in [-0.15, -0.1) is 0 Å². The predicted octanol–water partition coefficient (Wildman–Crippen LogP) is 0.286. The summed E-state index contributed by atoms with van der Waals surface area (Å²) in [6, 6.07) is 7.91. The van der Waals surface area contributed by atoms with E-state index < -0.39 is 23.8 Å². The van der Waals surface area contributed by atoms with Crippen molar-refractivity contribution in [3.63, 3.8) is 0 Å². The average Bonchev–Trinajstić information content (AvgIpc) is 2.70. The Bertz CT molecular complexity index is 959. The number of piperidine rings is 1. The van der Waals surface area contributed by atoms with Crippen LogP contribution < -0.4 is 16.4 Å². The summed E-state index contributed by atoms with van der Waals surface area (Å²) in [6.45, 7) is 0. The molecule has 0 aliphatic carbocycles. The Morgan fingerprint density at radius 1 is 1.17 bits per heavy atom. The zero-order valence-corrected chi connectivity index (χ0v) is 15.7. The lowest BCUT2D eigenvalue weighted by atomic mass is 10.0. The van der Waals surface area contributed by atoms with E-state index in [9.17, 15) is 19.2 Å². The lowest BCUT2D eigenvalue weighted by molar-refractivity contribution is -0.134. The second-order valence-corrected chi connectivity index (χ2v) is 6.72. The molecule has 0 radical (unpaired) electrons. The summed E-state index contributed by atoms with van der Waals surface area (Å²) >= 11 is 0. The Morgan fingerprint density at radius 2 is 2.00 bits per heavy atom. The molecule has 2 aromatic heterocycles. The van der Waals surface area contributed by atoms with Gasteiger partial charge >= 0.3 is 0 Å². The van der Waals surface area contributed by atoms with Crippen molar-refractivity contribution < 1.29 is 19.2 Å². The molecule has 29 heavy (non-hydrogen) atoms. The number of imide groups is 1. The van der Waals surface area contributed by atoms with Gasteiger partial charge in [0.15, 0.2) is 0 Å². The number of amides is 4. The summed E-state index contributed by atoms with van der Waals surface area (Å²) in [4.78, 5) is 55.2. The molecule has 9 heteroatoms. The number of carbonyl (C=O) groups is 4. The first-order valence-corrected chi connectivity index (χ1v) is 9.28. The first kappa shape index (κ1) is 20.1. The molecule has 9 nitrogen and oxygen atoms in total. The lowest BCUT2D eigenvalue weighted by Gasteiger charge is -2.21. The van der Waals surface area contributed by atoms with Gasteiger partial charge in [-0.25, -0.2) is 4.98 Å². The number of aryl methyl sites for hydroxylation is 2. The number of aromatic nitrogens is 2. The fourth-order valence-electron chi connectivity index (χ4n) is 3.13. The third-order valence-electron chi connectivity index (χ3n) is 4.59. The number of carbonyl (C=O) groups excluding carboxylic acids is 4. The van der Waals surface area contributed by atoms with Gasteiger partial charge in [-0.3, -0.25) is 29.5 Å². The van der Waals surface area contributed by atoms with Gasteiger partial charge in [-0.2, -0.15) is 0 Å². The number of nitrogens with two attached hydrogens (primary N) is 1. The monoisotopic (exact) mass is 395 g/mol. The van der Waals surface area contributed by atoms with Gasteiger partial charge in [0.25, 0.3) is 11.8 Å². The predicted molar refractivity (Wildman–Crippen MR) is 103 cm³/mol. The minimum absolute atomic E-state index is 0.186. The third-order valence-corrected chi connectivity index (χ3v) is 4.59. The molecule has 4 N–H and O–H groups in total. The number of hydrogen-bond donors (Lipinski definition) is 3. The van der Waals surface area contributed by atoms with Gasteiger partial charge in [0.05, 0.1) is 0 Å². The molecule has 0 bridgehead atoms. The second-order valence-electron chi connectivity index (χ2n) is 6.72. The number of primary amides is 1.